The predicted octanol–water partition coefficient (Wildman–Crippen LogP) is 4.78. The number of carbonyl (C=O) groups excluding carboxylic acids is 1. The molecule has 0 aliphatic carbocycles. The van der Waals surface area contributed by atoms with Crippen molar-refractivity contribution in [1.82, 2.24) is 10.2 Å². The SMILES string of the molecule is Cc1ccc(-c2nnc(SC(C)C(=O)Nc3cc(C)ccc3C)o2)cc1. The van der Waals surface area contributed by atoms with Crippen LogP contribution in [0.1, 0.15) is 23.6 Å². The number of hydrogen-bond donors (Lipinski definition) is 1. The van der Waals surface area contributed by atoms with Crippen LogP contribution in [-0.2, 0) is 4.79 Å². The van der Waals surface area contributed by atoms with Crippen LogP contribution in [0.25, 0.3) is 11.5 Å². The number of benzene rings is 2. The molecule has 0 bridgehead atoms. The van der Waals surface area contributed by atoms with Crippen LogP contribution in [0.3, 0.4) is 0 Å². The van der Waals surface area contributed by atoms with E-state index in [2.05, 4.69) is 15.5 Å². The Kier molecular flexibility index (Phi) is 5.42. The molecule has 1 atom stereocenters. The van der Waals surface area contributed by atoms with Gasteiger partial charge in [-0.3, -0.25) is 4.79 Å². The molecule has 3 rings (SSSR count). The standard InChI is InChI=1S/C20H21N3O2S/c1-12-6-9-16(10-7-12)19-22-23-20(25-19)26-15(4)18(24)21-17-11-13(2)5-8-14(17)3/h5-11,15H,1-4H3,(H,21,24). The number of aromatic nitrogens is 2. The van der Waals surface area contributed by atoms with Crippen molar-refractivity contribution in [2.24, 2.45) is 0 Å². The summed E-state index contributed by atoms with van der Waals surface area (Å²) >= 11 is 1.25. The number of anilines is 1. The Hall–Kier alpha value is -2.60. The van der Waals surface area contributed by atoms with E-state index in [0.29, 0.717) is 11.1 Å². The number of carbonyl (C=O) groups is 1. The molecule has 0 aliphatic heterocycles. The van der Waals surface area contributed by atoms with Gasteiger partial charge in [-0.05, 0) is 57.0 Å². The molecule has 1 amide bonds. The van der Waals surface area contributed by atoms with Crippen LogP contribution in [0, 0.1) is 20.8 Å². The van der Waals surface area contributed by atoms with Gasteiger partial charge in [0, 0.05) is 11.3 Å². The Morgan fingerprint density at radius 2 is 1.73 bits per heavy atom. The average molecular weight is 367 g/mol. The third kappa shape index (κ3) is 4.32. The highest BCUT2D eigenvalue weighted by molar-refractivity contribution is 8.00. The van der Waals surface area contributed by atoms with E-state index in [4.69, 9.17) is 4.42 Å². The molecule has 26 heavy (non-hydrogen) atoms. The third-order valence-electron chi connectivity index (χ3n) is 4.00. The number of nitrogens with one attached hydrogen (secondary N) is 1. The van der Waals surface area contributed by atoms with E-state index in [-0.39, 0.29) is 11.2 Å². The van der Waals surface area contributed by atoms with Crippen molar-refractivity contribution in [3.8, 4) is 11.5 Å². The zero-order valence-electron chi connectivity index (χ0n) is 15.2. The first-order valence-electron chi connectivity index (χ1n) is 8.37. The molecule has 0 radical (unpaired) electrons. The fourth-order valence-corrected chi connectivity index (χ4v) is 3.06. The minimum Gasteiger partial charge on any atom is -0.411 e. The van der Waals surface area contributed by atoms with Crippen LogP contribution in [0.4, 0.5) is 5.69 Å². The molecule has 1 unspecified atom stereocenters. The fourth-order valence-electron chi connectivity index (χ4n) is 2.38. The van der Waals surface area contributed by atoms with Gasteiger partial charge in [0.2, 0.25) is 11.8 Å². The lowest BCUT2D eigenvalue weighted by Crippen LogP contribution is -2.22. The lowest BCUT2D eigenvalue weighted by atomic mass is 10.1. The van der Waals surface area contributed by atoms with Crippen LogP contribution in [0.5, 0.6) is 0 Å². The largest absolute Gasteiger partial charge is 0.411 e. The van der Waals surface area contributed by atoms with Gasteiger partial charge in [-0.1, -0.05) is 41.6 Å². The molecule has 0 aliphatic rings. The molecular formula is C20H21N3O2S. The summed E-state index contributed by atoms with van der Waals surface area (Å²) in [4.78, 5) is 12.5. The lowest BCUT2D eigenvalue weighted by Gasteiger charge is -2.12. The summed E-state index contributed by atoms with van der Waals surface area (Å²) in [5, 5.41) is 11.1. The van der Waals surface area contributed by atoms with Crippen molar-refractivity contribution < 1.29 is 9.21 Å². The molecule has 0 fully saturated rings. The molecule has 5 nitrogen and oxygen atoms in total. The zero-order valence-corrected chi connectivity index (χ0v) is 16.1. The zero-order chi connectivity index (χ0) is 18.7. The van der Waals surface area contributed by atoms with Crippen molar-refractivity contribution in [3.05, 3.63) is 59.2 Å². The van der Waals surface area contributed by atoms with Gasteiger partial charge in [-0.25, -0.2) is 0 Å². The number of amides is 1. The van der Waals surface area contributed by atoms with Crippen molar-refractivity contribution in [3.63, 3.8) is 0 Å². The smallest absolute Gasteiger partial charge is 0.277 e. The van der Waals surface area contributed by atoms with Gasteiger partial charge in [-0.2, -0.15) is 0 Å². The summed E-state index contributed by atoms with van der Waals surface area (Å²) in [6.07, 6.45) is 0. The van der Waals surface area contributed by atoms with Gasteiger partial charge >= 0.3 is 0 Å². The van der Waals surface area contributed by atoms with Crippen LogP contribution >= 0.6 is 11.8 Å². The molecule has 0 saturated carbocycles. The van der Waals surface area contributed by atoms with Crippen LogP contribution in [0.2, 0.25) is 0 Å². The Labute approximate surface area is 157 Å². The number of nitrogens with zero attached hydrogens (tertiary/aromatic N) is 2. The maximum atomic E-state index is 12.5. The summed E-state index contributed by atoms with van der Waals surface area (Å²) in [5.41, 5.74) is 4.99. The molecule has 2 aromatic carbocycles. The summed E-state index contributed by atoms with van der Waals surface area (Å²) in [7, 11) is 0. The predicted molar refractivity (Wildman–Crippen MR) is 104 cm³/mol. The minimum absolute atomic E-state index is 0.0983. The first-order valence-corrected chi connectivity index (χ1v) is 9.25. The van der Waals surface area contributed by atoms with Gasteiger partial charge in [0.15, 0.2) is 0 Å². The van der Waals surface area contributed by atoms with E-state index in [9.17, 15) is 4.79 Å². The van der Waals surface area contributed by atoms with Gasteiger partial charge in [0.1, 0.15) is 0 Å². The van der Waals surface area contributed by atoms with E-state index in [1.54, 1.807) is 0 Å². The highest BCUT2D eigenvalue weighted by atomic mass is 32.2. The Morgan fingerprint density at radius 1 is 1.04 bits per heavy atom. The first-order chi connectivity index (χ1) is 12.4. The van der Waals surface area contributed by atoms with Gasteiger partial charge in [0.05, 0.1) is 5.25 Å². The van der Waals surface area contributed by atoms with E-state index < -0.39 is 0 Å². The maximum absolute atomic E-state index is 12.5. The highest BCUT2D eigenvalue weighted by Crippen LogP contribution is 2.27. The second kappa shape index (κ2) is 7.74. The number of rotatable bonds is 5. The molecule has 1 heterocycles. The summed E-state index contributed by atoms with van der Waals surface area (Å²) in [6, 6.07) is 13.8. The van der Waals surface area contributed by atoms with Crippen molar-refractivity contribution in [1.29, 1.82) is 0 Å². The minimum atomic E-state index is -0.360. The second-order valence-corrected chi connectivity index (χ2v) is 7.60. The van der Waals surface area contributed by atoms with E-state index in [1.807, 2.05) is 70.2 Å². The molecule has 0 saturated heterocycles. The highest BCUT2D eigenvalue weighted by Gasteiger charge is 2.19. The first kappa shape index (κ1) is 18.2. The van der Waals surface area contributed by atoms with Gasteiger partial charge < -0.3 is 9.73 Å². The van der Waals surface area contributed by atoms with Crippen molar-refractivity contribution in [2.75, 3.05) is 5.32 Å². The molecule has 134 valence electrons. The number of hydrogen-bond acceptors (Lipinski definition) is 5. The molecule has 0 spiro atoms. The Morgan fingerprint density at radius 3 is 2.46 bits per heavy atom. The third-order valence-corrected chi connectivity index (χ3v) is 4.94. The fraction of sp³-hybridized carbons (Fsp3) is 0.250. The second-order valence-electron chi connectivity index (χ2n) is 6.31. The lowest BCUT2D eigenvalue weighted by molar-refractivity contribution is -0.115. The van der Waals surface area contributed by atoms with Gasteiger partial charge in [-0.15, -0.1) is 10.2 Å². The topological polar surface area (TPSA) is 68.0 Å². The number of aryl methyl sites for hydroxylation is 3. The van der Waals surface area contributed by atoms with E-state index in [0.717, 1.165) is 22.4 Å². The summed E-state index contributed by atoms with van der Waals surface area (Å²) < 4.78 is 5.68. The monoisotopic (exact) mass is 367 g/mol. The van der Waals surface area contributed by atoms with Gasteiger partial charge in [0.25, 0.3) is 5.22 Å². The maximum Gasteiger partial charge on any atom is 0.277 e. The number of thioether (sulfide) groups is 1. The Bertz CT molecular complexity index is 919. The van der Waals surface area contributed by atoms with E-state index >= 15 is 0 Å². The Balaban J connectivity index is 1.66. The van der Waals surface area contributed by atoms with Crippen LogP contribution in [-0.4, -0.2) is 21.4 Å². The van der Waals surface area contributed by atoms with Crippen LogP contribution < -0.4 is 5.32 Å². The average Bonchev–Trinajstić information content (AvgIpc) is 3.07. The molecule has 1 N–H and O–H groups in total. The summed E-state index contributed by atoms with van der Waals surface area (Å²) in [5.74, 6) is 0.355. The quantitative estimate of drug-likeness (QED) is 0.657. The van der Waals surface area contributed by atoms with Crippen molar-refractivity contribution >= 4 is 23.4 Å². The molecule has 1 aromatic heterocycles. The normalized spacial score (nSPS) is 12.0. The van der Waals surface area contributed by atoms with Crippen molar-refractivity contribution in [2.45, 2.75) is 38.2 Å². The van der Waals surface area contributed by atoms with Crippen LogP contribution in [0.15, 0.2) is 52.1 Å². The van der Waals surface area contributed by atoms with E-state index in [1.165, 1.54) is 17.3 Å². The summed E-state index contributed by atoms with van der Waals surface area (Å²) in [6.45, 7) is 7.81. The molecule has 3 aromatic rings. The molecule has 6 heteroatoms. The molecular weight excluding hydrogens is 346 g/mol.